The fourth-order valence-electron chi connectivity index (χ4n) is 17.3. The van der Waals surface area contributed by atoms with Crippen molar-refractivity contribution in [2.45, 2.75) is 233 Å². The zero-order valence-electron chi connectivity index (χ0n) is 63.6. The first-order valence-electron chi connectivity index (χ1n) is 40.3. The van der Waals surface area contributed by atoms with Gasteiger partial charge in [0.1, 0.15) is 0 Å². The van der Waals surface area contributed by atoms with Gasteiger partial charge in [-0.3, -0.25) is 0 Å². The fraction of sp³-hybridized carbons (Fsp3) is 0.367. The van der Waals surface area contributed by atoms with Crippen LogP contribution < -0.4 is 0 Å². The Kier molecular flexibility index (Phi) is 23.6. The molecule has 105 heavy (non-hydrogen) atoms. The lowest BCUT2D eigenvalue weighted by Gasteiger charge is -2.35. The average molecular weight is 1510 g/mol. The molecule has 0 nitrogen and oxygen atoms in total. The Morgan fingerprint density at radius 2 is 0.686 bits per heavy atom. The Bertz CT molecular complexity index is 4930. The van der Waals surface area contributed by atoms with Crippen molar-refractivity contribution in [3.05, 3.63) is 279 Å². The van der Waals surface area contributed by atoms with Crippen LogP contribution in [0.4, 0.5) is 0 Å². The van der Waals surface area contributed by atoms with Gasteiger partial charge in [0.25, 0.3) is 0 Å². The van der Waals surface area contributed by atoms with E-state index < -0.39 is 10.8 Å². The third-order valence-corrected chi connectivity index (χ3v) is 31.6. The normalized spacial score (nSPS) is 14.9. The summed E-state index contributed by atoms with van der Waals surface area (Å²) in [5.41, 5.74) is 24.0. The maximum atomic E-state index is 2.75. The Balaban J connectivity index is 0.917. The predicted molar refractivity (Wildman–Crippen MR) is 468 cm³/mol. The van der Waals surface area contributed by atoms with E-state index in [2.05, 4.69) is 249 Å². The smallest absolute Gasteiger partial charge is 0.0722 e. The van der Waals surface area contributed by atoms with Crippen molar-refractivity contribution < 1.29 is 0 Å². The molecule has 540 valence electrons. The summed E-state index contributed by atoms with van der Waals surface area (Å²) in [4.78, 5) is 19.6. The summed E-state index contributed by atoms with van der Waals surface area (Å²) in [5.74, 6) is 0. The van der Waals surface area contributed by atoms with E-state index in [0.29, 0.717) is 0 Å². The van der Waals surface area contributed by atoms with E-state index in [1.807, 2.05) is 68.0 Å². The molecule has 7 heteroatoms. The number of hydrogen-bond donors (Lipinski definition) is 0. The highest BCUT2D eigenvalue weighted by molar-refractivity contribution is 7.29. The first kappa shape index (κ1) is 74.0. The van der Waals surface area contributed by atoms with Crippen molar-refractivity contribution in [2.75, 3.05) is 0 Å². The molecule has 0 N–H and O–H groups in total. The maximum Gasteiger partial charge on any atom is 0.0722 e. The molecule has 0 spiro atoms. The molecule has 0 bridgehead atoms. The molecule has 15 rings (SSSR count). The van der Waals surface area contributed by atoms with E-state index in [-0.39, 0.29) is 0 Å². The Hall–Kier alpha value is -6.52. The molecule has 1 atom stereocenters. The number of hydrogen-bond acceptors (Lipinski definition) is 7. The van der Waals surface area contributed by atoms with Crippen molar-refractivity contribution in [2.24, 2.45) is 0 Å². The molecule has 3 aliphatic carbocycles. The Labute approximate surface area is 657 Å². The van der Waals surface area contributed by atoms with Gasteiger partial charge < -0.3 is 0 Å². The second kappa shape index (κ2) is 33.5. The first-order chi connectivity index (χ1) is 51.5. The maximum absolute atomic E-state index is 2.75. The molecule has 0 saturated carbocycles. The van der Waals surface area contributed by atoms with Gasteiger partial charge in [-0.1, -0.05) is 246 Å². The lowest BCUT2D eigenvalue weighted by atomic mass is 9.65. The van der Waals surface area contributed by atoms with Crippen LogP contribution in [0.3, 0.4) is 0 Å². The minimum atomic E-state index is -0.609. The predicted octanol–water partition coefficient (Wildman–Crippen LogP) is 31.9. The number of fused-ring (bicyclic) bond motifs is 6. The topological polar surface area (TPSA) is 0 Å². The number of rotatable bonds is 35. The molecule has 12 aromatic rings. The van der Waals surface area contributed by atoms with E-state index in [1.165, 1.54) is 310 Å². The zero-order chi connectivity index (χ0) is 72.0. The highest BCUT2D eigenvalue weighted by Crippen LogP contribution is 2.66. The van der Waals surface area contributed by atoms with Gasteiger partial charge in [-0.2, -0.15) is 0 Å². The number of allylic oxidation sites excluding steroid dienone is 4. The van der Waals surface area contributed by atoms with Gasteiger partial charge in [-0.15, -0.1) is 79.4 Å². The molecule has 5 aromatic carbocycles. The molecular weight excluding hydrogens is 1400 g/mol. The van der Waals surface area contributed by atoms with Crippen LogP contribution in [0.15, 0.2) is 182 Å². The molecule has 0 radical (unpaired) electrons. The van der Waals surface area contributed by atoms with E-state index >= 15 is 0 Å². The van der Waals surface area contributed by atoms with E-state index in [1.54, 1.807) is 0 Å². The quantitative estimate of drug-likeness (QED) is 0.0347. The van der Waals surface area contributed by atoms with E-state index in [4.69, 9.17) is 0 Å². The van der Waals surface area contributed by atoms with Gasteiger partial charge in [-0.05, 0) is 253 Å². The summed E-state index contributed by atoms with van der Waals surface area (Å²) in [6.45, 7) is 18.6. The fourth-order valence-corrected chi connectivity index (χ4v) is 25.4. The molecule has 1 unspecified atom stereocenters. The number of unbranched alkanes of at least 4 members (excludes halogenated alkanes) is 15. The van der Waals surface area contributed by atoms with Crippen LogP contribution in [-0.4, -0.2) is 0 Å². The minimum absolute atomic E-state index is 0.529. The van der Waals surface area contributed by atoms with Crippen molar-refractivity contribution in [3.63, 3.8) is 0 Å². The van der Waals surface area contributed by atoms with E-state index in [9.17, 15) is 0 Å². The zero-order valence-corrected chi connectivity index (χ0v) is 69.3. The van der Waals surface area contributed by atoms with Crippen LogP contribution in [-0.2, 0) is 42.9 Å². The third-order valence-electron chi connectivity index (χ3n) is 23.1. The highest BCUT2D eigenvalue weighted by atomic mass is 32.1. The lowest BCUT2D eigenvalue weighted by Crippen LogP contribution is -2.30. The van der Waals surface area contributed by atoms with E-state index in [0.717, 1.165) is 25.7 Å². The van der Waals surface area contributed by atoms with Crippen LogP contribution in [0, 0.1) is 20.8 Å². The minimum Gasteiger partial charge on any atom is -0.141 e. The number of aryl methyl sites for hydroxylation is 8. The van der Waals surface area contributed by atoms with Gasteiger partial charge in [0.15, 0.2) is 0 Å². The van der Waals surface area contributed by atoms with Gasteiger partial charge in [0, 0.05) is 69.0 Å². The molecule has 0 saturated heterocycles. The van der Waals surface area contributed by atoms with Gasteiger partial charge in [-0.25, -0.2) is 0 Å². The summed E-state index contributed by atoms with van der Waals surface area (Å²) in [6, 6.07) is 70.3. The summed E-state index contributed by atoms with van der Waals surface area (Å²) >= 11 is 14.1. The summed E-state index contributed by atoms with van der Waals surface area (Å²) in [7, 11) is 0. The van der Waals surface area contributed by atoms with Gasteiger partial charge in [0.2, 0.25) is 0 Å². The van der Waals surface area contributed by atoms with Crippen LogP contribution in [0.2, 0.25) is 0 Å². The van der Waals surface area contributed by atoms with Crippen molar-refractivity contribution >= 4 is 90.5 Å². The van der Waals surface area contributed by atoms with Crippen LogP contribution in [0.25, 0.3) is 71.7 Å². The summed E-state index contributed by atoms with van der Waals surface area (Å²) < 4.78 is 0. The second-order valence-corrected chi connectivity index (χ2v) is 38.6. The summed E-state index contributed by atoms with van der Waals surface area (Å²) in [6.07, 6.45) is 37.0. The average Bonchev–Trinajstić information content (AvgIpc) is 1.50. The Morgan fingerprint density at radius 1 is 0.276 bits per heavy atom. The molecule has 0 aliphatic heterocycles. The Morgan fingerprint density at radius 3 is 1.21 bits per heavy atom. The molecule has 0 fully saturated rings. The molecular formula is C98H106S7. The lowest BCUT2D eigenvalue weighted by molar-refractivity contribution is 0.666. The molecule has 7 heterocycles. The van der Waals surface area contributed by atoms with Crippen LogP contribution in [0.1, 0.15) is 266 Å². The van der Waals surface area contributed by atoms with Gasteiger partial charge >= 0.3 is 0 Å². The SMILES string of the molecule is CCCCCCc1ccc(C2(c3ccc(C)cc3)c3cc4c(cc3-c3sc(C)cc32)C(c2ccc(CCCCCC)cc2)(c2ccc(CCCCCC)cc2)c2cc(-c3sc(-c5cc(C6=CC=C(c7ccc(CCCCCC)s7)C6)c(C)s5)cc3-c3ccc(-c5ccc(CCCCCC)s5)s3)sc2-4)cc1. The first-order valence-corrected chi connectivity index (χ1v) is 46.0. The van der Waals surface area contributed by atoms with Crippen molar-refractivity contribution in [1.29, 1.82) is 0 Å². The van der Waals surface area contributed by atoms with Crippen LogP contribution >= 0.6 is 79.4 Å². The number of thiophene rings is 7. The van der Waals surface area contributed by atoms with Crippen molar-refractivity contribution in [1.82, 2.24) is 0 Å². The molecule has 3 aliphatic rings. The van der Waals surface area contributed by atoms with Gasteiger partial charge in [0.05, 0.1) is 15.7 Å². The molecule has 0 amide bonds. The monoisotopic (exact) mass is 1510 g/mol. The van der Waals surface area contributed by atoms with Crippen molar-refractivity contribution in [3.8, 4) is 60.6 Å². The third kappa shape index (κ3) is 15.0. The second-order valence-electron chi connectivity index (χ2n) is 30.6. The molecule has 7 aromatic heterocycles. The number of benzene rings is 5. The summed E-state index contributed by atoms with van der Waals surface area (Å²) in [5, 5.41) is 0. The highest BCUT2D eigenvalue weighted by Gasteiger charge is 2.53. The standard InChI is InChI=1S/C98H106S7/c1-9-14-19-24-29-68-36-46-74(47-37-68)97(73-44-34-65(6)35-45-73)83-61-81-84(60-80(83)94-85(97)58-66(7)99-94)98(75-48-38-69(39-49-75)30-25-20-15-10-2,76-50-40-70(41-51-76)31-26-21-16-11-3)86-64-93(105-95(81)86)96-82(88-56-57-90(103-88)89-55-53-78(102-89)33-28-23-18-13-5)63-92(104-96)91-62-79(67(8)100-91)71-42-43-72(59-71)87-54-52-77(101-87)32-27-22-17-12-4/h34-58,60-64H,9-33,59H2,1-8H3. The largest absolute Gasteiger partial charge is 0.141 e. The van der Waals surface area contributed by atoms with Crippen LogP contribution in [0.5, 0.6) is 0 Å².